The van der Waals surface area contributed by atoms with E-state index in [0.717, 1.165) is 29.5 Å². The second kappa shape index (κ2) is 5.80. The molecule has 0 aromatic heterocycles. The molecule has 3 aliphatic rings. The minimum absolute atomic E-state index is 0.157. The summed E-state index contributed by atoms with van der Waals surface area (Å²) in [5.41, 5.74) is 2.96. The first kappa shape index (κ1) is 16.5. The van der Waals surface area contributed by atoms with Crippen molar-refractivity contribution in [2.45, 2.75) is 25.5 Å². The van der Waals surface area contributed by atoms with Crippen molar-refractivity contribution in [3.05, 3.63) is 33.8 Å². The average Bonchev–Trinajstić information content (AvgIpc) is 3.17. The Morgan fingerprint density at radius 2 is 1.96 bits per heavy atom. The zero-order chi connectivity index (χ0) is 17.1. The summed E-state index contributed by atoms with van der Waals surface area (Å²) < 4.78 is 25.0. The molecule has 1 aromatic carbocycles. The maximum Gasteiger partial charge on any atom is 0.211 e. The van der Waals surface area contributed by atoms with Crippen LogP contribution in [0.2, 0.25) is 5.02 Å². The van der Waals surface area contributed by atoms with Crippen molar-refractivity contribution in [2.24, 2.45) is 22.7 Å². The first-order valence-corrected chi connectivity index (χ1v) is 10.5. The Balaban J connectivity index is 1.52. The summed E-state index contributed by atoms with van der Waals surface area (Å²) in [5, 5.41) is 11.6. The minimum atomic E-state index is -3.11. The Bertz CT molecular complexity index is 794. The number of hydrogen-bond donors (Lipinski definition) is 1. The van der Waals surface area contributed by atoms with Crippen LogP contribution in [0.25, 0.3) is 0 Å². The van der Waals surface area contributed by atoms with E-state index in [1.54, 1.807) is 4.31 Å². The van der Waals surface area contributed by atoms with Crippen LogP contribution in [-0.4, -0.2) is 43.4 Å². The summed E-state index contributed by atoms with van der Waals surface area (Å²) in [4.78, 5) is 4.29. The van der Waals surface area contributed by atoms with Gasteiger partial charge in [-0.05, 0) is 59.4 Å². The fraction of sp³-hybridized carbons (Fsp3) is 0.588. The van der Waals surface area contributed by atoms with Gasteiger partial charge in [0.2, 0.25) is 10.0 Å². The number of nitrogens with zero attached hydrogens (tertiary/aromatic N) is 2. The number of sulfonamides is 1. The zero-order valence-electron chi connectivity index (χ0n) is 13.5. The highest BCUT2D eigenvalue weighted by Gasteiger charge is 2.45. The van der Waals surface area contributed by atoms with Crippen LogP contribution in [0.5, 0.6) is 0 Å². The van der Waals surface area contributed by atoms with E-state index in [4.69, 9.17) is 11.6 Å². The molecule has 7 heteroatoms. The third kappa shape index (κ3) is 2.79. The number of aliphatic hydroxyl groups excluding tert-OH is 1. The zero-order valence-corrected chi connectivity index (χ0v) is 15.1. The molecule has 4 atom stereocenters. The van der Waals surface area contributed by atoms with Crippen molar-refractivity contribution < 1.29 is 13.5 Å². The van der Waals surface area contributed by atoms with Crippen molar-refractivity contribution in [2.75, 3.05) is 19.3 Å². The number of aliphatic hydroxyl groups is 1. The van der Waals surface area contributed by atoms with Crippen molar-refractivity contribution in [3.63, 3.8) is 0 Å². The van der Waals surface area contributed by atoms with Crippen molar-refractivity contribution in [1.82, 2.24) is 4.31 Å². The van der Waals surface area contributed by atoms with E-state index in [0.29, 0.717) is 36.5 Å². The Morgan fingerprint density at radius 1 is 1.29 bits per heavy atom. The van der Waals surface area contributed by atoms with Crippen LogP contribution in [0, 0.1) is 17.8 Å². The third-order valence-electron chi connectivity index (χ3n) is 5.75. The Morgan fingerprint density at radius 3 is 2.58 bits per heavy atom. The summed E-state index contributed by atoms with van der Waals surface area (Å²) in [5.74, 6) is 0.857. The maximum atomic E-state index is 11.7. The lowest BCUT2D eigenvalue weighted by molar-refractivity contribution is 0.105. The molecule has 2 aliphatic heterocycles. The Kier molecular flexibility index (Phi) is 3.99. The van der Waals surface area contributed by atoms with Crippen LogP contribution >= 0.6 is 11.6 Å². The number of hydrogen-bond acceptors (Lipinski definition) is 4. The molecular formula is C17H21ClN2O3S. The molecule has 0 radical (unpaired) electrons. The fourth-order valence-corrected chi connectivity index (χ4v) is 5.72. The van der Waals surface area contributed by atoms with E-state index in [2.05, 4.69) is 4.99 Å². The molecule has 0 amide bonds. The first-order chi connectivity index (χ1) is 11.3. The quantitative estimate of drug-likeness (QED) is 0.889. The van der Waals surface area contributed by atoms with Gasteiger partial charge in [0.1, 0.15) is 0 Å². The van der Waals surface area contributed by atoms with Gasteiger partial charge in [-0.3, -0.25) is 4.99 Å². The summed E-state index contributed by atoms with van der Waals surface area (Å²) in [7, 11) is -3.11. The van der Waals surface area contributed by atoms with Gasteiger partial charge in [-0.25, -0.2) is 12.7 Å². The normalized spacial score (nSPS) is 30.5. The second-order valence-electron chi connectivity index (χ2n) is 7.31. The predicted octanol–water partition coefficient (Wildman–Crippen LogP) is 2.22. The van der Waals surface area contributed by atoms with E-state index >= 15 is 0 Å². The topological polar surface area (TPSA) is 70.0 Å². The Hall–Kier alpha value is -0.950. The minimum Gasteiger partial charge on any atom is -0.388 e. The van der Waals surface area contributed by atoms with Gasteiger partial charge in [-0.15, -0.1) is 0 Å². The van der Waals surface area contributed by atoms with Gasteiger partial charge in [-0.2, -0.15) is 0 Å². The van der Waals surface area contributed by atoms with Crippen LogP contribution in [0.3, 0.4) is 0 Å². The standard InChI is InChI=1S/C17H21ClN2O3S/c1-24(22,23)20-8-12-2-10(3-13(12)9-20)17(21)15-5-14(18)4-11-6-19-7-16(11)15/h4-6,10,12-13,17,21H,2-3,7-9H2,1H3/t10?,12-,13+,17?. The highest BCUT2D eigenvalue weighted by Crippen LogP contribution is 2.47. The molecule has 1 aliphatic carbocycles. The lowest BCUT2D eigenvalue weighted by Crippen LogP contribution is -2.29. The summed E-state index contributed by atoms with van der Waals surface area (Å²) in [6.45, 7) is 1.77. The van der Waals surface area contributed by atoms with Crippen molar-refractivity contribution in [1.29, 1.82) is 0 Å². The number of aliphatic imine (C=N–C) groups is 1. The Labute approximate surface area is 147 Å². The molecule has 1 N–H and O–H groups in total. The highest BCUT2D eigenvalue weighted by atomic mass is 35.5. The van der Waals surface area contributed by atoms with Crippen LogP contribution < -0.4 is 0 Å². The second-order valence-corrected chi connectivity index (χ2v) is 9.73. The van der Waals surface area contributed by atoms with Crippen LogP contribution in [0.15, 0.2) is 17.1 Å². The molecule has 130 valence electrons. The smallest absolute Gasteiger partial charge is 0.211 e. The van der Waals surface area contributed by atoms with E-state index in [1.165, 1.54) is 6.26 Å². The van der Waals surface area contributed by atoms with E-state index < -0.39 is 16.1 Å². The summed E-state index contributed by atoms with van der Waals surface area (Å²) in [6.07, 6.45) is 4.25. The molecule has 1 aromatic rings. The van der Waals surface area contributed by atoms with Gasteiger partial charge in [0.25, 0.3) is 0 Å². The van der Waals surface area contributed by atoms with E-state index in [-0.39, 0.29) is 5.92 Å². The predicted molar refractivity (Wildman–Crippen MR) is 93.8 cm³/mol. The molecule has 2 unspecified atom stereocenters. The third-order valence-corrected chi connectivity index (χ3v) is 7.21. The summed E-state index contributed by atoms with van der Waals surface area (Å²) >= 11 is 6.20. The van der Waals surface area contributed by atoms with Gasteiger partial charge < -0.3 is 5.11 Å². The molecule has 2 heterocycles. The number of benzene rings is 1. The van der Waals surface area contributed by atoms with Gasteiger partial charge in [0, 0.05) is 24.3 Å². The molecule has 4 rings (SSSR count). The molecule has 1 saturated carbocycles. The highest BCUT2D eigenvalue weighted by molar-refractivity contribution is 7.88. The lowest BCUT2D eigenvalue weighted by Gasteiger charge is -2.23. The van der Waals surface area contributed by atoms with Gasteiger partial charge >= 0.3 is 0 Å². The number of rotatable bonds is 3. The first-order valence-electron chi connectivity index (χ1n) is 8.28. The molecular weight excluding hydrogens is 348 g/mol. The fourth-order valence-electron chi connectivity index (χ4n) is 4.56. The van der Waals surface area contributed by atoms with Crippen molar-refractivity contribution >= 4 is 27.8 Å². The SMILES string of the molecule is CS(=O)(=O)N1C[C@H]2CC(C(O)c3cc(Cl)cc4c3CN=C4)C[C@H]2C1. The van der Waals surface area contributed by atoms with E-state index in [9.17, 15) is 13.5 Å². The van der Waals surface area contributed by atoms with Crippen molar-refractivity contribution in [3.8, 4) is 0 Å². The summed E-state index contributed by atoms with van der Waals surface area (Å²) in [6, 6.07) is 3.74. The molecule has 0 spiro atoms. The number of fused-ring (bicyclic) bond motifs is 2. The van der Waals surface area contributed by atoms with Crippen LogP contribution in [-0.2, 0) is 16.6 Å². The monoisotopic (exact) mass is 368 g/mol. The van der Waals surface area contributed by atoms with Gasteiger partial charge in [0.05, 0.1) is 18.9 Å². The van der Waals surface area contributed by atoms with Crippen LogP contribution in [0.4, 0.5) is 0 Å². The van der Waals surface area contributed by atoms with Crippen LogP contribution in [0.1, 0.15) is 35.6 Å². The number of halogens is 1. The molecule has 5 nitrogen and oxygen atoms in total. The van der Waals surface area contributed by atoms with Gasteiger partial charge in [-0.1, -0.05) is 11.6 Å². The van der Waals surface area contributed by atoms with E-state index in [1.807, 2.05) is 18.3 Å². The molecule has 0 bridgehead atoms. The molecule has 1 saturated heterocycles. The largest absolute Gasteiger partial charge is 0.388 e. The molecule has 24 heavy (non-hydrogen) atoms. The van der Waals surface area contributed by atoms with Gasteiger partial charge in [0.15, 0.2) is 0 Å². The molecule has 2 fully saturated rings. The maximum absolute atomic E-state index is 11.7. The average molecular weight is 369 g/mol. The lowest BCUT2D eigenvalue weighted by atomic mass is 9.89.